The third-order valence-electron chi connectivity index (χ3n) is 0.136. The number of rotatable bonds is 1. The van der Waals surface area contributed by atoms with E-state index in [0.29, 0.717) is 0 Å². The predicted molar refractivity (Wildman–Crippen MR) is 34.0 cm³/mol. The monoisotopic (exact) mass is 122 g/mol. The molecule has 0 aliphatic heterocycles. The van der Waals surface area contributed by atoms with Crippen molar-refractivity contribution in [2.45, 2.75) is 0 Å². The minimum atomic E-state index is -0.0494. The second-order valence-electron chi connectivity index (χ2n) is 0.595. The first-order valence-corrected chi connectivity index (χ1v) is 4.14. The average Bonchev–Trinajstić information content (AvgIpc) is 1.38. The van der Waals surface area contributed by atoms with Crippen molar-refractivity contribution in [2.24, 2.45) is 0 Å². The Labute approximate surface area is 44.6 Å². The quantitative estimate of drug-likeness (QED) is 0.462. The van der Waals surface area contributed by atoms with E-state index in [1.807, 2.05) is 6.26 Å². The van der Waals surface area contributed by atoms with Crippen molar-refractivity contribution in [3.8, 4) is 0 Å². The van der Waals surface area contributed by atoms with E-state index in [4.69, 9.17) is 0 Å². The molecule has 1 unspecified atom stereocenters. The Morgan fingerprint density at radius 1 is 1.80 bits per heavy atom. The van der Waals surface area contributed by atoms with Crippen LogP contribution in [-0.4, -0.2) is 11.7 Å². The Bertz CT molecular complexity index is 57.9. The molecular formula is CH3BS3. The molecule has 4 heteroatoms. The molecule has 0 fully saturated rings. The van der Waals surface area contributed by atoms with E-state index in [-0.39, 0.29) is 9.31 Å². The molecule has 0 aromatic heterocycles. The molecule has 0 N–H and O–H groups in total. The van der Waals surface area contributed by atoms with Crippen LogP contribution in [0.2, 0.25) is 0 Å². The second-order valence-corrected chi connectivity index (χ2v) is 3.94. The fourth-order valence-electron chi connectivity index (χ4n) is 0. The molecule has 0 aromatic carbocycles. The van der Waals surface area contributed by atoms with Crippen molar-refractivity contribution in [3.05, 3.63) is 0 Å². The molecule has 0 spiro atoms. The van der Waals surface area contributed by atoms with E-state index in [1.165, 1.54) is 0 Å². The van der Waals surface area contributed by atoms with Gasteiger partial charge in [-0.2, -0.15) is 0 Å². The number of hydrogen-bond acceptors (Lipinski definition) is 2. The summed E-state index contributed by atoms with van der Waals surface area (Å²) < 4.78 is 0. The molecule has 1 atom stereocenters. The molecule has 0 radical (unpaired) electrons. The molecule has 28 valence electrons. The Hall–Kier alpha value is 0.855. The molecule has 0 saturated carbocycles. The van der Waals surface area contributed by atoms with Crippen molar-refractivity contribution < 1.29 is 0 Å². The van der Waals surface area contributed by atoms with Crippen LogP contribution < -0.4 is 0 Å². The van der Waals surface area contributed by atoms with Crippen molar-refractivity contribution >= 4 is 38.0 Å². The maximum atomic E-state index is 4.65. The van der Waals surface area contributed by atoms with Crippen molar-refractivity contribution in [2.75, 3.05) is 6.26 Å². The van der Waals surface area contributed by atoms with Gasteiger partial charge >= 0.3 is 44.2 Å². The van der Waals surface area contributed by atoms with E-state index in [2.05, 4.69) is 23.2 Å². The molecule has 0 heterocycles. The standard InChI is InChI=1S/CH3BS3/c1-5(4)2-3/h1H3. The van der Waals surface area contributed by atoms with Gasteiger partial charge in [0.2, 0.25) is 0 Å². The van der Waals surface area contributed by atoms with Gasteiger partial charge in [-0.15, -0.1) is 0 Å². The van der Waals surface area contributed by atoms with E-state index in [0.717, 1.165) is 0 Å². The topological polar surface area (TPSA) is 0 Å². The van der Waals surface area contributed by atoms with Gasteiger partial charge in [-0.05, 0) is 0 Å². The minimum absolute atomic E-state index is 0.0494. The fraction of sp³-hybridized carbons (Fsp3) is 1.00. The molecule has 0 amide bonds. The normalized spacial score (nSPS) is 13.0. The first kappa shape index (κ1) is 5.85. The predicted octanol–water partition coefficient (Wildman–Crippen LogP) is 0.428. The summed E-state index contributed by atoms with van der Waals surface area (Å²) >= 11 is 9.11. The molecule has 0 aliphatic carbocycles. The summed E-state index contributed by atoms with van der Waals surface area (Å²) in [7, 11) is -0.0494. The molecule has 0 nitrogen and oxygen atoms in total. The van der Waals surface area contributed by atoms with E-state index < -0.39 is 0 Å². The van der Waals surface area contributed by atoms with Crippen LogP contribution in [0.25, 0.3) is 0 Å². The van der Waals surface area contributed by atoms with Gasteiger partial charge < -0.3 is 0 Å². The third kappa shape index (κ3) is 4.85. The van der Waals surface area contributed by atoms with Crippen LogP contribution >= 0.6 is 12.1 Å². The van der Waals surface area contributed by atoms with Crippen molar-refractivity contribution in [1.29, 1.82) is 0 Å². The fourth-order valence-corrected chi connectivity index (χ4v) is 0. The zero-order valence-corrected chi connectivity index (χ0v) is 5.25. The van der Waals surface area contributed by atoms with Crippen molar-refractivity contribution in [1.82, 2.24) is 0 Å². The van der Waals surface area contributed by atoms with Gasteiger partial charge in [0, 0.05) is 0 Å². The number of hydrogen-bond donors (Lipinski definition) is 0. The molecule has 0 rings (SSSR count). The Balaban J connectivity index is 3.20. The van der Waals surface area contributed by atoms with Crippen LogP contribution in [0.3, 0.4) is 0 Å². The SMILES string of the molecule is CS(=S)B=S. The first-order chi connectivity index (χ1) is 2.27. The summed E-state index contributed by atoms with van der Waals surface area (Å²) in [4.78, 5) is 0. The van der Waals surface area contributed by atoms with Gasteiger partial charge in [0.15, 0.2) is 0 Å². The molecule has 0 aromatic rings. The zero-order valence-electron chi connectivity index (χ0n) is 2.80. The van der Waals surface area contributed by atoms with Crippen LogP contribution in [0.1, 0.15) is 0 Å². The average molecular weight is 122 g/mol. The van der Waals surface area contributed by atoms with Gasteiger partial charge in [-0.1, -0.05) is 0 Å². The van der Waals surface area contributed by atoms with Crippen molar-refractivity contribution in [3.63, 3.8) is 0 Å². The molecule has 5 heavy (non-hydrogen) atoms. The molecule has 0 bridgehead atoms. The van der Waals surface area contributed by atoms with E-state index in [1.54, 1.807) is 5.43 Å². The summed E-state index contributed by atoms with van der Waals surface area (Å²) in [6, 6.07) is 0. The summed E-state index contributed by atoms with van der Waals surface area (Å²) in [5.74, 6) is 0. The van der Waals surface area contributed by atoms with Crippen LogP contribution in [0.5, 0.6) is 0 Å². The van der Waals surface area contributed by atoms with Gasteiger partial charge in [-0.3, -0.25) is 0 Å². The van der Waals surface area contributed by atoms with Crippen LogP contribution in [-0.2, 0) is 20.5 Å². The summed E-state index contributed by atoms with van der Waals surface area (Å²) in [6.45, 7) is 0. The van der Waals surface area contributed by atoms with Crippen LogP contribution in [0.15, 0.2) is 0 Å². The molecular weight excluding hydrogens is 119 g/mol. The van der Waals surface area contributed by atoms with Gasteiger partial charge in [0.25, 0.3) is 0 Å². The zero-order chi connectivity index (χ0) is 4.28. The van der Waals surface area contributed by atoms with Crippen LogP contribution in [0, 0.1) is 0 Å². The Kier molecular flexibility index (Phi) is 3.58. The summed E-state index contributed by atoms with van der Waals surface area (Å²) in [5, 5.41) is 0. The Morgan fingerprint density at radius 3 is 2.00 bits per heavy atom. The van der Waals surface area contributed by atoms with Crippen LogP contribution in [0.4, 0.5) is 0 Å². The van der Waals surface area contributed by atoms with E-state index in [9.17, 15) is 0 Å². The van der Waals surface area contributed by atoms with Gasteiger partial charge in [0.05, 0.1) is 0 Å². The summed E-state index contributed by atoms with van der Waals surface area (Å²) in [5.41, 5.74) is 1.59. The van der Waals surface area contributed by atoms with Gasteiger partial charge in [-0.25, -0.2) is 0 Å². The van der Waals surface area contributed by atoms with Gasteiger partial charge in [0.1, 0.15) is 0 Å². The Morgan fingerprint density at radius 2 is 2.00 bits per heavy atom. The first-order valence-electron chi connectivity index (χ1n) is 1.05. The maximum absolute atomic E-state index is 4.65. The molecule has 0 saturated heterocycles. The summed E-state index contributed by atoms with van der Waals surface area (Å²) in [6.07, 6.45) is 1.91. The van der Waals surface area contributed by atoms with E-state index >= 15 is 0 Å². The third-order valence-corrected chi connectivity index (χ3v) is 1.93. The molecule has 0 aliphatic rings. The second kappa shape index (κ2) is 3.06.